The predicted octanol–water partition coefficient (Wildman–Crippen LogP) is 4.32. The van der Waals surface area contributed by atoms with Crippen LogP contribution in [-0.2, 0) is 19.6 Å². The van der Waals surface area contributed by atoms with Gasteiger partial charge in [-0.05, 0) is 57.1 Å². The van der Waals surface area contributed by atoms with E-state index in [9.17, 15) is 23.1 Å². The number of carbonyl (C=O) groups is 2. The Morgan fingerprint density at radius 3 is 2.46 bits per heavy atom. The minimum absolute atomic E-state index is 0.00912. The highest BCUT2D eigenvalue weighted by atomic mass is 32.2. The summed E-state index contributed by atoms with van der Waals surface area (Å²) in [6.45, 7) is 3.60. The average Bonchev–Trinajstić information content (AvgIpc) is 3.65. The van der Waals surface area contributed by atoms with E-state index in [0.717, 1.165) is 30.2 Å². The maximum Gasteiger partial charge on any atom is 0.311 e. The first-order valence-electron chi connectivity index (χ1n) is 12.9. The molecule has 1 amide bonds. The molecule has 1 aliphatic carbocycles. The van der Waals surface area contributed by atoms with Crippen molar-refractivity contribution in [2.24, 2.45) is 5.41 Å². The van der Waals surface area contributed by atoms with E-state index < -0.39 is 21.4 Å². The number of benzene rings is 1. The van der Waals surface area contributed by atoms with Gasteiger partial charge in [0.2, 0.25) is 15.7 Å². The fraction of sp³-hybridized carbons (Fsp3) is 0.464. The summed E-state index contributed by atoms with van der Waals surface area (Å²) >= 11 is 0. The molecule has 1 atom stereocenters. The van der Waals surface area contributed by atoms with Gasteiger partial charge >= 0.3 is 5.97 Å². The van der Waals surface area contributed by atoms with Gasteiger partial charge in [-0.1, -0.05) is 29.8 Å². The number of anilines is 1. The highest BCUT2D eigenvalue weighted by Gasteiger charge is 2.36. The topological polar surface area (TPSA) is 139 Å². The number of hydrogen-bond acceptors (Lipinski definition) is 7. The smallest absolute Gasteiger partial charge is 0.311 e. The lowest BCUT2D eigenvalue weighted by molar-refractivity contribution is -0.151. The van der Waals surface area contributed by atoms with Gasteiger partial charge < -0.3 is 19.6 Å². The molecule has 0 bridgehead atoms. The number of methoxy groups -OCH3 is 1. The summed E-state index contributed by atoms with van der Waals surface area (Å²) in [5.74, 6) is -0.613. The van der Waals surface area contributed by atoms with Gasteiger partial charge in [0.25, 0.3) is 5.91 Å². The van der Waals surface area contributed by atoms with Crippen LogP contribution in [0.25, 0.3) is 22.4 Å². The molecule has 1 aliphatic rings. The van der Waals surface area contributed by atoms with Gasteiger partial charge in [-0.25, -0.2) is 8.42 Å². The molecule has 1 aromatic carbocycles. The molecule has 1 fully saturated rings. The molecule has 0 aliphatic heterocycles. The number of carboxylic acid groups (broad SMARTS) is 1. The van der Waals surface area contributed by atoms with Crippen molar-refractivity contribution in [3.63, 3.8) is 0 Å². The second-order valence-corrected chi connectivity index (χ2v) is 12.4. The van der Waals surface area contributed by atoms with Crippen LogP contribution in [0.3, 0.4) is 0 Å². The molecular formula is C28H35N3O7S. The molecule has 39 heavy (non-hydrogen) atoms. The van der Waals surface area contributed by atoms with Crippen LogP contribution in [0.5, 0.6) is 0 Å². The third kappa shape index (κ3) is 5.94. The highest BCUT2D eigenvalue weighted by Crippen LogP contribution is 2.47. The molecule has 0 spiro atoms. The van der Waals surface area contributed by atoms with Crippen LogP contribution in [-0.4, -0.2) is 63.9 Å². The van der Waals surface area contributed by atoms with Crippen LogP contribution in [0, 0.1) is 12.3 Å². The first-order valence-corrected chi connectivity index (χ1v) is 14.7. The number of hydrogen-bond donors (Lipinski definition) is 2. The summed E-state index contributed by atoms with van der Waals surface area (Å²) < 4.78 is 38.5. The van der Waals surface area contributed by atoms with E-state index in [1.165, 1.54) is 11.4 Å². The van der Waals surface area contributed by atoms with Crippen molar-refractivity contribution in [3.05, 3.63) is 47.0 Å². The van der Waals surface area contributed by atoms with Crippen molar-refractivity contribution in [3.8, 4) is 11.3 Å². The molecular weight excluding hydrogens is 522 g/mol. The Hall–Kier alpha value is -3.44. The number of aromatic nitrogens is 1. The van der Waals surface area contributed by atoms with Crippen molar-refractivity contribution >= 4 is 38.8 Å². The number of nitrogens with one attached hydrogen (secondary N) is 1. The molecule has 2 aromatic heterocycles. The van der Waals surface area contributed by atoms with Crippen LogP contribution in [0.1, 0.15) is 60.0 Å². The zero-order valence-electron chi connectivity index (χ0n) is 22.9. The van der Waals surface area contributed by atoms with Gasteiger partial charge in [0.15, 0.2) is 0 Å². The van der Waals surface area contributed by atoms with Gasteiger partial charge in [-0.2, -0.15) is 4.98 Å². The number of fused-ring (bicyclic) bond motifs is 1. The number of carboxylic acids is 1. The van der Waals surface area contributed by atoms with Crippen molar-refractivity contribution in [1.29, 1.82) is 0 Å². The monoisotopic (exact) mass is 557 g/mol. The maximum absolute atomic E-state index is 13.0. The van der Waals surface area contributed by atoms with Crippen LogP contribution >= 0.6 is 0 Å². The molecule has 11 heteroatoms. The molecule has 1 unspecified atom stereocenters. The number of pyridine rings is 1. The molecule has 4 rings (SSSR count). The van der Waals surface area contributed by atoms with Crippen LogP contribution in [0.2, 0.25) is 0 Å². The zero-order chi connectivity index (χ0) is 28.5. The number of carbonyl (C=O) groups excluding carboxylic acids is 1. The summed E-state index contributed by atoms with van der Waals surface area (Å²) in [4.78, 5) is 29.5. The third-order valence-electron chi connectivity index (χ3n) is 7.18. The quantitative estimate of drug-likeness (QED) is 0.336. The van der Waals surface area contributed by atoms with E-state index in [-0.39, 0.29) is 49.3 Å². The number of ether oxygens (including phenoxy) is 1. The lowest BCUT2D eigenvalue weighted by Crippen LogP contribution is -2.36. The minimum atomic E-state index is -3.78. The molecule has 0 saturated heterocycles. The third-order valence-corrected chi connectivity index (χ3v) is 8.34. The maximum atomic E-state index is 13.0. The Morgan fingerprint density at radius 2 is 1.92 bits per heavy atom. The zero-order valence-corrected chi connectivity index (χ0v) is 23.7. The minimum Gasteiger partial charge on any atom is -0.481 e. The number of sulfonamides is 1. The molecule has 210 valence electrons. The number of aryl methyl sites for hydroxylation is 1. The van der Waals surface area contributed by atoms with Gasteiger partial charge in [0.05, 0.1) is 29.2 Å². The van der Waals surface area contributed by atoms with Crippen molar-refractivity contribution in [2.75, 3.05) is 37.9 Å². The highest BCUT2D eigenvalue weighted by molar-refractivity contribution is 7.92. The van der Waals surface area contributed by atoms with E-state index in [0.29, 0.717) is 22.3 Å². The summed E-state index contributed by atoms with van der Waals surface area (Å²) in [6, 6.07) is 9.40. The second kappa shape index (κ2) is 11.0. The van der Waals surface area contributed by atoms with E-state index in [1.807, 2.05) is 37.3 Å². The predicted molar refractivity (Wildman–Crippen MR) is 149 cm³/mol. The fourth-order valence-electron chi connectivity index (χ4n) is 4.78. The van der Waals surface area contributed by atoms with E-state index in [4.69, 9.17) is 9.15 Å². The Labute approximate surface area is 228 Å². The van der Waals surface area contributed by atoms with Gasteiger partial charge in [-0.3, -0.25) is 13.9 Å². The van der Waals surface area contributed by atoms with Crippen molar-refractivity contribution in [2.45, 2.75) is 45.4 Å². The molecule has 10 nitrogen and oxygen atoms in total. The first kappa shape index (κ1) is 28.6. The Balaban J connectivity index is 1.82. The number of nitrogens with zero attached hydrogens (tertiary/aromatic N) is 2. The van der Waals surface area contributed by atoms with Gasteiger partial charge in [0, 0.05) is 26.3 Å². The summed E-state index contributed by atoms with van der Waals surface area (Å²) in [5.41, 5.74) is 1.85. The Morgan fingerprint density at radius 1 is 1.26 bits per heavy atom. The Kier molecular flexibility index (Phi) is 8.04. The lowest BCUT2D eigenvalue weighted by atomic mass is 9.86. The summed E-state index contributed by atoms with van der Waals surface area (Å²) in [6.07, 6.45) is 3.35. The summed E-state index contributed by atoms with van der Waals surface area (Å²) in [5, 5.41) is 12.9. The lowest BCUT2D eigenvalue weighted by Gasteiger charge is -2.27. The summed E-state index contributed by atoms with van der Waals surface area (Å²) in [7, 11) is -0.793. The van der Waals surface area contributed by atoms with Gasteiger partial charge in [0.1, 0.15) is 11.6 Å². The average molecular weight is 558 g/mol. The van der Waals surface area contributed by atoms with Gasteiger partial charge in [-0.15, -0.1) is 0 Å². The normalized spacial score (nSPS) is 15.2. The molecule has 2 N–H and O–H groups in total. The van der Waals surface area contributed by atoms with E-state index >= 15 is 0 Å². The molecule has 0 radical (unpaired) electrons. The molecule has 2 heterocycles. The van der Waals surface area contributed by atoms with Crippen molar-refractivity contribution in [1.82, 2.24) is 10.3 Å². The number of furan rings is 1. The Bertz CT molecular complexity index is 1490. The molecule has 1 saturated carbocycles. The second-order valence-electron chi connectivity index (χ2n) is 10.5. The van der Waals surface area contributed by atoms with E-state index in [1.54, 1.807) is 14.0 Å². The fourth-order valence-corrected chi connectivity index (χ4v) is 5.70. The SMILES string of the molecule is CNC(=O)c1c(-c2ccc(C)cc2)oc2nc(N(CCCC(C)(COC)C(=O)O)S(C)(=O)=O)c(C3CC3)cc12. The van der Waals surface area contributed by atoms with Crippen LogP contribution in [0.4, 0.5) is 5.82 Å². The number of amides is 1. The van der Waals surface area contributed by atoms with Crippen LogP contribution in [0.15, 0.2) is 34.7 Å². The number of aliphatic carboxylic acids is 1. The number of rotatable bonds is 12. The van der Waals surface area contributed by atoms with Crippen LogP contribution < -0.4 is 9.62 Å². The largest absolute Gasteiger partial charge is 0.481 e. The van der Waals surface area contributed by atoms with Crippen molar-refractivity contribution < 1.29 is 32.3 Å². The first-order chi connectivity index (χ1) is 18.4. The standard InChI is InChI=1S/C28H35N3O7S/c1-17-7-9-19(10-8-17)23-22(25(32)29-3)21-15-20(18-11-12-18)24(30-26(21)38-23)31(39(5,35)36)14-6-13-28(2,16-37-4)27(33)34/h7-10,15,18H,6,11-14,16H2,1-5H3,(H,29,32)(H,33,34). The van der Waals surface area contributed by atoms with E-state index in [2.05, 4.69) is 10.3 Å². The molecule has 3 aromatic rings.